The predicted octanol–water partition coefficient (Wildman–Crippen LogP) is 1.15. The minimum Gasteiger partial charge on any atom is -0.377 e. The van der Waals surface area contributed by atoms with E-state index in [0.29, 0.717) is 6.61 Å². The highest BCUT2D eigenvalue weighted by molar-refractivity contribution is 5.93. The zero-order chi connectivity index (χ0) is 18.1. The first-order chi connectivity index (χ1) is 11.9. The van der Waals surface area contributed by atoms with Gasteiger partial charge in [0.05, 0.1) is 13.2 Å². The lowest BCUT2D eigenvalue weighted by molar-refractivity contribution is -0.212. The van der Waals surface area contributed by atoms with E-state index in [1.165, 1.54) is 4.90 Å². The number of amides is 1. The molecule has 2 heterocycles. The van der Waals surface area contributed by atoms with Crippen molar-refractivity contribution in [3.05, 3.63) is 35.9 Å². The van der Waals surface area contributed by atoms with Gasteiger partial charge in [-0.3, -0.25) is 4.79 Å². The van der Waals surface area contributed by atoms with Crippen LogP contribution in [0.4, 0.5) is 0 Å². The van der Waals surface area contributed by atoms with Crippen molar-refractivity contribution in [2.45, 2.75) is 43.8 Å². The number of likely N-dealkylation sites (tertiary alicyclic amines) is 1. The number of carbonyl (C=O) groups excluding carboxylic acids is 1. The average Bonchev–Trinajstić information content (AvgIpc) is 2.94. The van der Waals surface area contributed by atoms with E-state index in [9.17, 15) is 9.90 Å². The number of benzene rings is 1. The fourth-order valence-electron chi connectivity index (χ4n) is 3.32. The number of ether oxygens (including phenoxy) is 2. The summed E-state index contributed by atoms with van der Waals surface area (Å²) in [4.78, 5) is 13.9. The number of aliphatic hydroxyl groups is 1. The Hall–Kier alpha value is -2.31. The van der Waals surface area contributed by atoms with Crippen molar-refractivity contribution in [1.29, 1.82) is 0 Å². The Balaban J connectivity index is 1.79. The van der Waals surface area contributed by atoms with Gasteiger partial charge < -0.3 is 19.5 Å². The van der Waals surface area contributed by atoms with Gasteiger partial charge in [-0.15, -0.1) is 6.42 Å². The first kappa shape index (κ1) is 17.5. The van der Waals surface area contributed by atoms with Crippen LogP contribution >= 0.6 is 0 Å². The number of carbonyl (C=O) groups is 1. The molecule has 2 saturated heterocycles. The topological polar surface area (TPSA) is 59.0 Å². The lowest BCUT2D eigenvalue weighted by Crippen LogP contribution is -2.77. The average molecular weight is 339 g/mol. The Morgan fingerprint density at radius 1 is 1.36 bits per heavy atom. The summed E-state index contributed by atoms with van der Waals surface area (Å²) in [6.07, 6.45) is 4.93. The minimum absolute atomic E-state index is 0.0206. The monoisotopic (exact) mass is 339 g/mol. The summed E-state index contributed by atoms with van der Waals surface area (Å²) >= 11 is 0. The lowest BCUT2D eigenvalue weighted by Gasteiger charge is -2.53. The van der Waals surface area contributed by atoms with Crippen LogP contribution in [-0.2, 0) is 14.3 Å². The van der Waals surface area contributed by atoms with E-state index in [1.54, 1.807) is 13.8 Å². The van der Waals surface area contributed by atoms with Crippen molar-refractivity contribution in [2.75, 3.05) is 13.2 Å². The van der Waals surface area contributed by atoms with E-state index in [1.807, 2.05) is 30.3 Å². The van der Waals surface area contributed by atoms with Crippen molar-refractivity contribution in [2.24, 2.45) is 0 Å². The minimum atomic E-state index is -1.60. The lowest BCUT2D eigenvalue weighted by atomic mass is 9.76. The third-order valence-electron chi connectivity index (χ3n) is 4.46. The van der Waals surface area contributed by atoms with Gasteiger partial charge in [0.1, 0.15) is 12.1 Å². The van der Waals surface area contributed by atoms with E-state index >= 15 is 0 Å². The molecule has 2 fully saturated rings. The highest BCUT2D eigenvalue weighted by Gasteiger charge is 2.64. The van der Waals surface area contributed by atoms with Crippen LogP contribution in [0.3, 0.4) is 0 Å². The van der Waals surface area contributed by atoms with Crippen LogP contribution in [-0.4, -0.2) is 52.6 Å². The van der Waals surface area contributed by atoms with Crippen LogP contribution in [0.2, 0.25) is 0 Å². The zero-order valence-corrected chi connectivity index (χ0v) is 14.4. The Morgan fingerprint density at radius 3 is 2.68 bits per heavy atom. The normalized spacial score (nSPS) is 30.2. The molecular weight excluding hydrogens is 318 g/mol. The van der Waals surface area contributed by atoms with Gasteiger partial charge in [0.2, 0.25) is 0 Å². The summed E-state index contributed by atoms with van der Waals surface area (Å²) in [5.41, 5.74) is -0.774. The number of terminal acetylenes is 1. The third kappa shape index (κ3) is 3.27. The van der Waals surface area contributed by atoms with E-state index in [0.717, 1.165) is 5.56 Å². The summed E-state index contributed by atoms with van der Waals surface area (Å²) in [6, 6.07) is 8.85. The Kier molecular flexibility index (Phi) is 4.58. The second kappa shape index (κ2) is 6.54. The van der Waals surface area contributed by atoms with Crippen LogP contribution in [0.25, 0.3) is 0 Å². The third-order valence-corrected chi connectivity index (χ3v) is 4.46. The quantitative estimate of drug-likeness (QED) is 0.663. The Bertz CT molecular complexity index is 755. The molecule has 25 heavy (non-hydrogen) atoms. The van der Waals surface area contributed by atoms with Crippen molar-refractivity contribution < 1.29 is 19.4 Å². The molecule has 1 N–H and O–H groups in total. The smallest absolute Gasteiger partial charge is 0.259 e. The Labute approximate surface area is 147 Å². The van der Waals surface area contributed by atoms with Crippen LogP contribution < -0.4 is 0 Å². The van der Waals surface area contributed by atoms with Gasteiger partial charge in [-0.2, -0.15) is 0 Å². The predicted molar refractivity (Wildman–Crippen MR) is 92.1 cm³/mol. The summed E-state index contributed by atoms with van der Waals surface area (Å²) in [6.45, 7) is 4.01. The molecule has 1 aromatic rings. The molecule has 0 aliphatic carbocycles. The van der Waals surface area contributed by atoms with Gasteiger partial charge in [0, 0.05) is 12.0 Å². The molecule has 1 amide bonds. The van der Waals surface area contributed by atoms with Crippen LogP contribution in [0, 0.1) is 24.2 Å². The fourth-order valence-corrected chi connectivity index (χ4v) is 3.32. The number of nitrogens with zero attached hydrogens (tertiary/aromatic N) is 1. The van der Waals surface area contributed by atoms with Crippen LogP contribution in [0.5, 0.6) is 0 Å². The van der Waals surface area contributed by atoms with Crippen LogP contribution in [0.1, 0.15) is 25.8 Å². The molecule has 0 radical (unpaired) electrons. The summed E-state index contributed by atoms with van der Waals surface area (Å²) in [5, 5.41) is 10.9. The second-order valence-corrected chi connectivity index (χ2v) is 6.72. The van der Waals surface area contributed by atoms with Gasteiger partial charge in [-0.25, -0.2) is 0 Å². The van der Waals surface area contributed by atoms with Crippen molar-refractivity contribution in [1.82, 2.24) is 4.90 Å². The molecule has 3 atom stereocenters. The fraction of sp³-hybridized carbons (Fsp3) is 0.450. The zero-order valence-electron chi connectivity index (χ0n) is 14.4. The number of β-lactam (4-membered cyclic amide) rings is 1. The first-order valence-corrected chi connectivity index (χ1v) is 8.20. The molecule has 2 aliphatic rings. The molecule has 0 unspecified atom stereocenters. The summed E-state index contributed by atoms with van der Waals surface area (Å²) in [7, 11) is 0. The molecule has 0 spiro atoms. The molecule has 130 valence electrons. The molecule has 0 aromatic heterocycles. The highest BCUT2D eigenvalue weighted by atomic mass is 16.7. The number of hydrogen-bond acceptors (Lipinski definition) is 4. The molecule has 2 aliphatic heterocycles. The highest BCUT2D eigenvalue weighted by Crippen LogP contribution is 2.40. The van der Waals surface area contributed by atoms with Crippen molar-refractivity contribution >= 4 is 5.91 Å². The number of rotatable bonds is 3. The number of hydrogen-bond donors (Lipinski definition) is 1. The molecule has 0 saturated carbocycles. The molecule has 0 bridgehead atoms. The van der Waals surface area contributed by atoms with E-state index in [4.69, 9.17) is 15.9 Å². The maximum absolute atomic E-state index is 12.5. The van der Waals surface area contributed by atoms with Gasteiger partial charge in [-0.05, 0) is 26.0 Å². The van der Waals surface area contributed by atoms with Gasteiger partial charge >= 0.3 is 0 Å². The Morgan fingerprint density at radius 2 is 2.08 bits per heavy atom. The molecule has 5 nitrogen and oxygen atoms in total. The molecule has 3 rings (SSSR count). The largest absolute Gasteiger partial charge is 0.377 e. The van der Waals surface area contributed by atoms with Crippen molar-refractivity contribution in [3.8, 4) is 24.2 Å². The van der Waals surface area contributed by atoms with Gasteiger partial charge in [-0.1, -0.05) is 36.0 Å². The van der Waals surface area contributed by atoms with Gasteiger partial charge in [0.15, 0.2) is 11.4 Å². The van der Waals surface area contributed by atoms with Crippen molar-refractivity contribution in [3.63, 3.8) is 0 Å². The maximum atomic E-state index is 12.5. The molecule has 1 aromatic carbocycles. The maximum Gasteiger partial charge on any atom is 0.259 e. The first-order valence-electron chi connectivity index (χ1n) is 8.20. The summed E-state index contributed by atoms with van der Waals surface area (Å²) < 4.78 is 11.4. The standard InChI is InChI=1S/C20H21NO4/c1-4-13-21-17(16-14-24-19(2,3)25-16)20(23,18(21)22)12-8-11-15-9-6-5-7-10-15/h1,5-7,9-10,16-17,23H,12-14H2,2-3H3/t16-,17+,20-/m1/s1. The second-order valence-electron chi connectivity index (χ2n) is 6.72. The van der Waals surface area contributed by atoms with E-state index in [-0.39, 0.29) is 13.0 Å². The van der Waals surface area contributed by atoms with E-state index in [2.05, 4.69) is 17.8 Å². The van der Waals surface area contributed by atoms with Crippen LogP contribution in [0.15, 0.2) is 30.3 Å². The SMILES string of the molecule is C#CCN1C(=O)[C@@](O)(CC#Cc2ccccc2)[C@@H]1[C@H]1COC(C)(C)O1. The molecular formula is C20H21NO4. The molecule has 5 heteroatoms. The summed E-state index contributed by atoms with van der Waals surface area (Å²) in [5.74, 6) is 7.18. The van der Waals surface area contributed by atoms with E-state index < -0.39 is 29.4 Å². The van der Waals surface area contributed by atoms with Gasteiger partial charge in [0.25, 0.3) is 5.91 Å².